The molecule has 0 aromatic heterocycles. The fourth-order valence-corrected chi connectivity index (χ4v) is 11.6. The van der Waals surface area contributed by atoms with E-state index < -0.39 is 0 Å². The maximum absolute atomic E-state index is 5.46. The first-order chi connectivity index (χ1) is 49.7. The van der Waals surface area contributed by atoms with Gasteiger partial charge in [-0.15, -0.1) is 0 Å². The van der Waals surface area contributed by atoms with Crippen molar-refractivity contribution in [2.75, 3.05) is 224 Å². The average Bonchev–Trinajstić information content (AvgIpc) is 3.44. The van der Waals surface area contributed by atoms with Crippen LogP contribution in [0.15, 0.2) is 0 Å². The van der Waals surface area contributed by atoms with Crippen LogP contribution in [0.4, 0.5) is 0 Å². The summed E-state index contributed by atoms with van der Waals surface area (Å²) in [5.41, 5.74) is 0. The third-order valence-corrected chi connectivity index (χ3v) is 18.7. The van der Waals surface area contributed by atoms with Gasteiger partial charge in [0.15, 0.2) is 0 Å². The van der Waals surface area contributed by atoms with Crippen LogP contribution in [0.2, 0.25) is 0 Å². The Kier molecular flexibility index (Phi) is 133. The van der Waals surface area contributed by atoms with E-state index >= 15 is 0 Å². The van der Waals surface area contributed by atoms with Crippen molar-refractivity contribution < 1.29 is 188 Å². The van der Waals surface area contributed by atoms with Crippen LogP contribution in [-0.2, 0) is 188 Å². The van der Waals surface area contributed by atoms with Gasteiger partial charge < -0.3 is 0 Å². The zero-order chi connectivity index (χ0) is 77.4. The van der Waals surface area contributed by atoms with Gasteiger partial charge in [-0.25, -0.2) is 0 Å². The van der Waals surface area contributed by atoms with Gasteiger partial charge in [-0.05, 0) is 0 Å². The van der Waals surface area contributed by atoms with Crippen molar-refractivity contribution in [3.05, 3.63) is 0 Å². The fourth-order valence-electron chi connectivity index (χ4n) is 6.34. The third kappa shape index (κ3) is 129. The van der Waals surface area contributed by atoms with Gasteiger partial charge in [0, 0.05) is 0 Å². The summed E-state index contributed by atoms with van der Waals surface area (Å²) in [6, 6.07) is 0. The summed E-state index contributed by atoms with van der Waals surface area (Å²) >= 11 is 9.97. The third-order valence-electron chi connectivity index (χ3n) is 11.5. The van der Waals surface area contributed by atoms with E-state index in [0.29, 0.717) is 13.5 Å². The quantitative estimate of drug-likeness (QED) is 0.0287. The van der Waals surface area contributed by atoms with Crippen molar-refractivity contribution >= 4 is 29.0 Å². The van der Waals surface area contributed by atoms with E-state index in [4.69, 9.17) is 52.1 Å². The number of hydrogen-bond acceptors (Lipinski definition) is 25. The molecule has 102 heavy (non-hydrogen) atoms. The molecule has 0 atom stereocenters. The molecule has 612 valence electrons. The molecule has 0 rings (SSSR count). The van der Waals surface area contributed by atoms with E-state index in [9.17, 15) is 0 Å². The first-order valence-electron chi connectivity index (χ1n) is 38.1. The molecule has 14 N–H and O–H groups in total. The number of nitrogens with one attached hydrogen (secondary N) is 14. The molecule has 0 aliphatic heterocycles. The van der Waals surface area contributed by atoms with Crippen LogP contribution in [-0.4, -0.2) is 253 Å². The van der Waals surface area contributed by atoms with Gasteiger partial charge in [0.05, 0.1) is 0 Å². The second-order valence-corrected chi connectivity index (χ2v) is 31.9. The molecule has 0 amide bonds. The molecule has 0 heterocycles. The molecule has 0 radical (unpaired) electrons. The van der Waals surface area contributed by atoms with Crippen LogP contribution in [0.25, 0.3) is 0 Å². The van der Waals surface area contributed by atoms with Crippen LogP contribution in [0, 0.1) is 0 Å². The molecule has 0 aromatic rings. The van der Waals surface area contributed by atoms with Crippen LogP contribution in [0.5, 0.6) is 0 Å². The van der Waals surface area contributed by atoms with Crippen molar-refractivity contribution in [2.24, 2.45) is 0 Å². The second-order valence-electron chi connectivity index (χ2n) is 21.6. The fraction of sp³-hybridized carbons (Fsp3) is 0.900. The van der Waals surface area contributed by atoms with Gasteiger partial charge in [0.1, 0.15) is 0 Å². The van der Waals surface area contributed by atoms with Crippen LogP contribution >= 0.6 is 0 Å². The zero-order valence-corrected chi connectivity index (χ0v) is 87.0. The molecule has 0 fully saturated rings. The minimum absolute atomic E-state index is 0.599. The Labute approximate surface area is 701 Å². The predicted molar refractivity (Wildman–Crippen MR) is 405 cm³/mol. The molecule has 0 spiro atoms. The Morgan fingerprint density at radius 2 is 0.314 bits per heavy atom. The van der Waals surface area contributed by atoms with E-state index in [0.717, 1.165) is 283 Å². The van der Waals surface area contributed by atoms with Crippen LogP contribution < -0.4 is 74.4 Å². The molecule has 0 aliphatic rings. The molecule has 0 saturated carbocycles. The van der Waals surface area contributed by atoms with Gasteiger partial charge >= 0.3 is 708 Å². The Morgan fingerprint density at radius 1 is 0.167 bits per heavy atom. The Balaban J connectivity index is -0.000000208. The first-order valence-corrected chi connectivity index (χ1v) is 48.4. The standard InChI is InChI=1S/2C12H26N2O2.2C11H24N2O2.C9H20N2O.C8H18N2O.C7H16N2O.7W/c2*1-3-5-9-16-11-7-14-12-13-6-10-15-8-4-2;1-3-7-14-9-5-12-11-13-6-10-15-8-4-2;1-3-5-8-15-11-13-10-12-6-9-14-7-4-2;1-3-5-7-12-8-6-11-9-10-4-2;1-3-6-11-7-5-10-8-9-4-2;1-3-5-10-7-9-6-8-4-2;;;;;;;/h2*13-14H,3-11H2,1-2H3;12-13H,3-10H2,1-2H3;12-13H,3-9,11H2,1-2H3;10-11H,3-8H2,1-2H3;9-10H,3-7H2,1-2H3;8-9H,3-5,7H2,1-2H3;;;;;;;. The Bertz CT molecular complexity index is 1600. The van der Waals surface area contributed by atoms with Crippen LogP contribution in [0.1, 0.15) is 193 Å². The second kappa shape index (κ2) is 115. The number of unbranched alkanes of at least 4 members (excludes halogenated alkanes) is 4. The van der Waals surface area contributed by atoms with E-state index in [2.05, 4.69) is 171 Å². The summed E-state index contributed by atoms with van der Waals surface area (Å²) in [6.07, 6.45) is 17.0. The minimum atomic E-state index is 0.599. The van der Waals surface area contributed by atoms with E-state index in [1.54, 1.807) is 0 Å². The molecule has 0 aromatic carbocycles. The molecule has 32 heteroatoms. The predicted octanol–water partition coefficient (Wildman–Crippen LogP) is 4.83. The van der Waals surface area contributed by atoms with Crippen molar-refractivity contribution in [3.63, 3.8) is 0 Å². The van der Waals surface area contributed by atoms with E-state index in [1.165, 1.54) is 188 Å². The molecule has 0 unspecified atom stereocenters. The van der Waals surface area contributed by atoms with Gasteiger partial charge in [-0.2, -0.15) is 0 Å². The van der Waals surface area contributed by atoms with Crippen LogP contribution in [0.3, 0.4) is 0 Å². The van der Waals surface area contributed by atoms with Crippen molar-refractivity contribution in [2.45, 2.75) is 193 Å². The summed E-state index contributed by atoms with van der Waals surface area (Å²) in [6.45, 7) is 58.4. The molecule has 0 bridgehead atoms. The van der Waals surface area contributed by atoms with Crippen molar-refractivity contribution in [3.8, 4) is 0 Å². The van der Waals surface area contributed by atoms with E-state index in [-0.39, 0.29) is 0 Å². The van der Waals surface area contributed by atoms with Gasteiger partial charge in [0.25, 0.3) is 0 Å². The topological polar surface area (TPSA) is 270 Å². The summed E-state index contributed by atoms with van der Waals surface area (Å²) < 4.78 is 67.4. The SMILES string of the molecule is CCCCOCCN[C](=[W])NCC.CCCCOCCN[C](=[W])NCCOCCC.CCCCOCCN[C](=[W])NCCOCCC.CCCCOCN[C](=[W])NCCOCCC.CCCOCCN[C](=[W])NCC.CCCOCCN[C](=[W])NCCOCCC.CCCOCN[C](=[W])NCC. The Morgan fingerprint density at radius 3 is 0.500 bits per heavy atom. The van der Waals surface area contributed by atoms with Gasteiger partial charge in [0.2, 0.25) is 0 Å². The van der Waals surface area contributed by atoms with E-state index in [1.807, 2.05) is 0 Å². The number of ether oxygens (including phenoxy) is 11. The summed E-state index contributed by atoms with van der Waals surface area (Å²) in [5, 5.41) is 45.6. The molecule has 0 saturated heterocycles. The monoisotopic (exact) mass is 2650 g/mol. The average molecular weight is 2650 g/mol. The summed E-state index contributed by atoms with van der Waals surface area (Å²) in [7, 11) is 0. The molecular weight excluding hydrogens is 2500 g/mol. The maximum atomic E-state index is 5.46. The first kappa shape index (κ1) is 118. The zero-order valence-electron chi connectivity index (χ0n) is 66.5. The van der Waals surface area contributed by atoms with Crippen molar-refractivity contribution in [1.29, 1.82) is 0 Å². The van der Waals surface area contributed by atoms with Gasteiger partial charge in [-0.1, -0.05) is 0 Å². The van der Waals surface area contributed by atoms with Gasteiger partial charge in [-0.3, -0.25) is 0 Å². The normalized spacial score (nSPS) is 10.5. The summed E-state index contributed by atoms with van der Waals surface area (Å²) in [4.78, 5) is 0. The number of rotatable bonds is 74. The molecule has 25 nitrogen and oxygen atoms in total. The number of hydrogen-bond donors (Lipinski definition) is 14. The molecular formula is C70H154N14O11W7. The van der Waals surface area contributed by atoms with Crippen molar-refractivity contribution in [1.82, 2.24) is 74.4 Å². The Hall–Kier alpha value is 2.91. The molecule has 0 aliphatic carbocycles. The summed E-state index contributed by atoms with van der Waals surface area (Å²) in [5.74, 6) is 0.